The lowest BCUT2D eigenvalue weighted by molar-refractivity contribution is -0.159. The number of nitrogens with one attached hydrogen (secondary N) is 1. The van der Waals surface area contributed by atoms with Crippen molar-refractivity contribution >= 4 is 11.9 Å². The van der Waals surface area contributed by atoms with E-state index in [0.717, 1.165) is 19.1 Å². The third-order valence-electron chi connectivity index (χ3n) is 3.64. The van der Waals surface area contributed by atoms with Gasteiger partial charge >= 0.3 is 11.9 Å². The Labute approximate surface area is 130 Å². The fourth-order valence-electron chi connectivity index (χ4n) is 2.52. The van der Waals surface area contributed by atoms with Gasteiger partial charge in [0.25, 0.3) is 0 Å². The van der Waals surface area contributed by atoms with Crippen LogP contribution in [-0.4, -0.2) is 52.7 Å². The zero-order valence-electron chi connectivity index (χ0n) is 12.9. The van der Waals surface area contributed by atoms with Gasteiger partial charge in [-0.3, -0.25) is 4.90 Å². The lowest BCUT2D eigenvalue weighted by Crippen LogP contribution is -2.37. The van der Waals surface area contributed by atoms with E-state index >= 15 is 0 Å². The van der Waals surface area contributed by atoms with Crippen LogP contribution in [0.3, 0.4) is 0 Å². The van der Waals surface area contributed by atoms with Gasteiger partial charge in [-0.1, -0.05) is 37.3 Å². The number of nitrogens with zero attached hydrogens (tertiary/aromatic N) is 1. The van der Waals surface area contributed by atoms with Crippen molar-refractivity contribution in [2.75, 3.05) is 19.6 Å². The molecular formula is C16H24N2O4. The van der Waals surface area contributed by atoms with E-state index in [1.807, 2.05) is 0 Å². The molecular weight excluding hydrogens is 284 g/mol. The summed E-state index contributed by atoms with van der Waals surface area (Å²) in [6.07, 6.45) is 2.72. The van der Waals surface area contributed by atoms with Gasteiger partial charge in [0.2, 0.25) is 0 Å². The summed E-state index contributed by atoms with van der Waals surface area (Å²) < 4.78 is 0. The fourth-order valence-corrected chi connectivity index (χ4v) is 2.52. The summed E-state index contributed by atoms with van der Waals surface area (Å²) in [7, 11) is 0. The van der Waals surface area contributed by atoms with Gasteiger partial charge in [-0.05, 0) is 31.5 Å². The van der Waals surface area contributed by atoms with Gasteiger partial charge in [0.15, 0.2) is 0 Å². The summed E-state index contributed by atoms with van der Waals surface area (Å²) in [4.78, 5) is 20.8. The highest BCUT2D eigenvalue weighted by molar-refractivity contribution is 6.27. The molecule has 1 fully saturated rings. The van der Waals surface area contributed by atoms with Crippen LogP contribution in [0, 0.1) is 0 Å². The van der Waals surface area contributed by atoms with Crippen molar-refractivity contribution in [2.45, 2.75) is 32.4 Å². The zero-order valence-corrected chi connectivity index (χ0v) is 12.9. The van der Waals surface area contributed by atoms with Crippen LogP contribution in [0.25, 0.3) is 0 Å². The first-order valence-electron chi connectivity index (χ1n) is 7.49. The number of carboxylic acids is 2. The maximum Gasteiger partial charge on any atom is 0.414 e. The SMILES string of the molecule is CCN1CCCC1CNCc1ccccc1.O=C(O)C(=O)O. The summed E-state index contributed by atoms with van der Waals surface area (Å²) in [5, 5.41) is 18.3. The predicted octanol–water partition coefficient (Wildman–Crippen LogP) is 1.42. The molecule has 1 aromatic carbocycles. The maximum absolute atomic E-state index is 9.10. The number of likely N-dealkylation sites (N-methyl/N-ethyl adjacent to an activating group) is 1. The molecule has 0 spiro atoms. The molecule has 6 nitrogen and oxygen atoms in total. The normalized spacial score (nSPS) is 17.6. The lowest BCUT2D eigenvalue weighted by atomic mass is 10.2. The highest BCUT2D eigenvalue weighted by Gasteiger charge is 2.21. The Morgan fingerprint density at radius 1 is 1.23 bits per heavy atom. The summed E-state index contributed by atoms with van der Waals surface area (Å²) in [5.74, 6) is -3.65. The van der Waals surface area contributed by atoms with Crippen LogP contribution in [0.1, 0.15) is 25.3 Å². The van der Waals surface area contributed by atoms with E-state index in [1.165, 1.54) is 31.5 Å². The van der Waals surface area contributed by atoms with E-state index in [9.17, 15) is 0 Å². The Morgan fingerprint density at radius 2 is 1.86 bits per heavy atom. The molecule has 1 aliphatic heterocycles. The molecule has 1 aliphatic rings. The lowest BCUT2D eigenvalue weighted by Gasteiger charge is -2.22. The van der Waals surface area contributed by atoms with Crippen molar-refractivity contribution in [2.24, 2.45) is 0 Å². The largest absolute Gasteiger partial charge is 0.473 e. The highest BCUT2D eigenvalue weighted by Crippen LogP contribution is 2.15. The molecule has 1 saturated heterocycles. The van der Waals surface area contributed by atoms with E-state index < -0.39 is 11.9 Å². The minimum absolute atomic E-state index is 0.758. The third kappa shape index (κ3) is 6.69. The van der Waals surface area contributed by atoms with Crippen molar-refractivity contribution in [1.29, 1.82) is 0 Å². The van der Waals surface area contributed by atoms with E-state index in [4.69, 9.17) is 19.8 Å². The van der Waals surface area contributed by atoms with Crippen molar-refractivity contribution in [3.05, 3.63) is 35.9 Å². The number of hydrogen-bond acceptors (Lipinski definition) is 4. The summed E-state index contributed by atoms with van der Waals surface area (Å²) in [6.45, 7) is 6.86. The van der Waals surface area contributed by atoms with Crippen molar-refractivity contribution < 1.29 is 19.8 Å². The van der Waals surface area contributed by atoms with Crippen LogP contribution in [0.2, 0.25) is 0 Å². The molecule has 0 aromatic heterocycles. The molecule has 3 N–H and O–H groups in total. The Kier molecular flexibility index (Phi) is 8.17. The number of carbonyl (C=O) groups is 2. The van der Waals surface area contributed by atoms with Crippen LogP contribution in [-0.2, 0) is 16.1 Å². The van der Waals surface area contributed by atoms with E-state index in [-0.39, 0.29) is 0 Å². The van der Waals surface area contributed by atoms with Gasteiger partial charge in [-0.2, -0.15) is 0 Å². The third-order valence-corrected chi connectivity index (χ3v) is 3.64. The molecule has 0 radical (unpaired) electrons. The Bertz CT molecular complexity index is 452. The van der Waals surface area contributed by atoms with Crippen LogP contribution < -0.4 is 5.32 Å². The van der Waals surface area contributed by atoms with Crippen LogP contribution in [0.15, 0.2) is 30.3 Å². The Morgan fingerprint density at radius 3 is 2.41 bits per heavy atom. The molecule has 1 atom stereocenters. The van der Waals surface area contributed by atoms with Gasteiger partial charge < -0.3 is 15.5 Å². The minimum atomic E-state index is -1.82. The predicted molar refractivity (Wildman–Crippen MR) is 83.7 cm³/mol. The van der Waals surface area contributed by atoms with E-state index in [1.54, 1.807) is 0 Å². The van der Waals surface area contributed by atoms with Gasteiger partial charge in [0.05, 0.1) is 0 Å². The number of hydrogen-bond donors (Lipinski definition) is 3. The van der Waals surface area contributed by atoms with Crippen LogP contribution in [0.4, 0.5) is 0 Å². The number of likely N-dealkylation sites (tertiary alicyclic amines) is 1. The van der Waals surface area contributed by atoms with Crippen molar-refractivity contribution in [1.82, 2.24) is 10.2 Å². The first kappa shape index (κ1) is 18.1. The molecule has 0 amide bonds. The molecule has 1 heterocycles. The number of aliphatic carboxylic acids is 2. The Balaban J connectivity index is 0.000000346. The minimum Gasteiger partial charge on any atom is -0.473 e. The molecule has 2 rings (SSSR count). The average Bonchev–Trinajstić information content (AvgIpc) is 2.96. The first-order chi connectivity index (χ1) is 10.5. The van der Waals surface area contributed by atoms with Gasteiger partial charge in [0.1, 0.15) is 0 Å². The highest BCUT2D eigenvalue weighted by atomic mass is 16.4. The smallest absolute Gasteiger partial charge is 0.414 e. The number of carboxylic acid groups (broad SMARTS) is 2. The first-order valence-corrected chi connectivity index (χ1v) is 7.49. The van der Waals surface area contributed by atoms with Crippen molar-refractivity contribution in [3.8, 4) is 0 Å². The average molecular weight is 308 g/mol. The standard InChI is InChI=1S/C14H22N2.C2H2O4/c1-2-16-10-6-9-14(16)12-15-11-13-7-4-3-5-8-13;3-1(4)2(5)6/h3-5,7-8,14-15H,2,6,9-12H2,1H3;(H,3,4)(H,5,6). The molecule has 22 heavy (non-hydrogen) atoms. The zero-order chi connectivity index (χ0) is 16.4. The molecule has 0 bridgehead atoms. The van der Waals surface area contributed by atoms with Gasteiger partial charge in [-0.25, -0.2) is 9.59 Å². The van der Waals surface area contributed by atoms with E-state index in [2.05, 4.69) is 47.5 Å². The van der Waals surface area contributed by atoms with Crippen LogP contribution in [0.5, 0.6) is 0 Å². The molecule has 1 unspecified atom stereocenters. The summed E-state index contributed by atoms with van der Waals surface area (Å²) >= 11 is 0. The number of rotatable bonds is 5. The van der Waals surface area contributed by atoms with Crippen LogP contribution >= 0.6 is 0 Å². The second-order valence-electron chi connectivity index (χ2n) is 5.15. The molecule has 0 saturated carbocycles. The second kappa shape index (κ2) is 9.92. The monoisotopic (exact) mass is 308 g/mol. The van der Waals surface area contributed by atoms with E-state index in [0.29, 0.717) is 0 Å². The second-order valence-corrected chi connectivity index (χ2v) is 5.15. The topological polar surface area (TPSA) is 89.9 Å². The Hall–Kier alpha value is -1.92. The van der Waals surface area contributed by atoms with Gasteiger partial charge in [0, 0.05) is 19.1 Å². The molecule has 122 valence electrons. The summed E-state index contributed by atoms with van der Waals surface area (Å²) in [6, 6.07) is 11.4. The molecule has 0 aliphatic carbocycles. The number of benzene rings is 1. The molecule has 6 heteroatoms. The fraction of sp³-hybridized carbons (Fsp3) is 0.500. The molecule has 1 aromatic rings. The van der Waals surface area contributed by atoms with Crippen molar-refractivity contribution in [3.63, 3.8) is 0 Å². The quantitative estimate of drug-likeness (QED) is 0.713. The maximum atomic E-state index is 9.10. The van der Waals surface area contributed by atoms with Gasteiger partial charge in [-0.15, -0.1) is 0 Å². The summed E-state index contributed by atoms with van der Waals surface area (Å²) in [5.41, 5.74) is 1.38.